The predicted octanol–water partition coefficient (Wildman–Crippen LogP) is 3.14. The van der Waals surface area contributed by atoms with Gasteiger partial charge in [-0.3, -0.25) is 4.99 Å². The van der Waals surface area contributed by atoms with Gasteiger partial charge in [0.05, 0.1) is 26.0 Å². The summed E-state index contributed by atoms with van der Waals surface area (Å²) in [4.78, 5) is 9.63. The number of guanidine groups is 1. The third-order valence-electron chi connectivity index (χ3n) is 5.09. The van der Waals surface area contributed by atoms with Gasteiger partial charge in [-0.25, -0.2) is 0 Å². The number of benzene rings is 1. The average Bonchev–Trinajstić information content (AvgIpc) is 2.74. The van der Waals surface area contributed by atoms with Crippen LogP contribution in [0.2, 0.25) is 0 Å². The highest BCUT2D eigenvalue weighted by molar-refractivity contribution is 14.0. The van der Waals surface area contributed by atoms with Gasteiger partial charge in [-0.2, -0.15) is 0 Å². The summed E-state index contributed by atoms with van der Waals surface area (Å²) < 4.78 is 10.9. The zero-order valence-electron chi connectivity index (χ0n) is 17.0. The molecule has 1 aromatic rings. The molecule has 0 amide bonds. The van der Waals surface area contributed by atoms with Crippen molar-refractivity contribution in [3.63, 3.8) is 0 Å². The predicted molar refractivity (Wildman–Crippen MR) is 126 cm³/mol. The molecule has 0 spiro atoms. The molecule has 1 aromatic carbocycles. The third-order valence-corrected chi connectivity index (χ3v) is 5.09. The van der Waals surface area contributed by atoms with E-state index in [1.165, 1.54) is 11.3 Å². The van der Waals surface area contributed by atoms with Crippen molar-refractivity contribution in [2.24, 2.45) is 4.99 Å². The number of methoxy groups -OCH3 is 1. The second-order valence-corrected chi connectivity index (χ2v) is 6.82. The maximum Gasteiger partial charge on any atom is 0.194 e. The van der Waals surface area contributed by atoms with Crippen LogP contribution in [0.3, 0.4) is 0 Å². The van der Waals surface area contributed by atoms with Gasteiger partial charge in [0.1, 0.15) is 5.75 Å². The Labute approximate surface area is 186 Å². The van der Waals surface area contributed by atoms with E-state index in [1.807, 2.05) is 12.1 Å². The van der Waals surface area contributed by atoms with Crippen LogP contribution in [0.25, 0.3) is 0 Å². The molecule has 0 aliphatic carbocycles. The van der Waals surface area contributed by atoms with Crippen LogP contribution in [0.1, 0.15) is 19.8 Å². The summed E-state index contributed by atoms with van der Waals surface area (Å²) >= 11 is 0. The summed E-state index contributed by atoms with van der Waals surface area (Å²) in [5.41, 5.74) is 2.65. The van der Waals surface area contributed by atoms with Gasteiger partial charge < -0.3 is 24.6 Å². The second kappa shape index (κ2) is 12.2. The number of ether oxygens (including phenoxy) is 2. The summed E-state index contributed by atoms with van der Waals surface area (Å²) in [6, 6.07) is 8.25. The monoisotopic (exact) mass is 500 g/mol. The molecule has 2 aliphatic heterocycles. The Morgan fingerprint density at radius 1 is 1.21 bits per heavy atom. The van der Waals surface area contributed by atoms with Crippen molar-refractivity contribution in [3.8, 4) is 5.75 Å². The average molecular weight is 500 g/mol. The number of hydrogen-bond donors (Lipinski definition) is 1. The lowest BCUT2D eigenvalue weighted by Gasteiger charge is -2.38. The van der Waals surface area contributed by atoms with Gasteiger partial charge in [0, 0.05) is 39.3 Å². The number of nitrogens with zero attached hydrogens (tertiary/aromatic N) is 3. The minimum atomic E-state index is 0. The number of para-hydroxylation sites is 2. The van der Waals surface area contributed by atoms with Crippen molar-refractivity contribution in [1.29, 1.82) is 0 Å². The molecule has 0 aromatic heterocycles. The van der Waals surface area contributed by atoms with Gasteiger partial charge in [0.15, 0.2) is 5.96 Å². The molecule has 0 saturated carbocycles. The number of aliphatic imine (C=N–C) groups is 1. The van der Waals surface area contributed by atoms with E-state index in [0.29, 0.717) is 0 Å². The zero-order chi connectivity index (χ0) is 18.9. The molecule has 1 N–H and O–H groups in total. The van der Waals surface area contributed by atoms with Crippen LogP contribution in [0.4, 0.5) is 5.69 Å². The Balaban J connectivity index is 0.00000280. The summed E-state index contributed by atoms with van der Waals surface area (Å²) in [5.74, 6) is 1.97. The van der Waals surface area contributed by atoms with Gasteiger partial charge in [0.25, 0.3) is 0 Å². The molecule has 28 heavy (non-hydrogen) atoms. The minimum Gasteiger partial charge on any atom is -0.495 e. The summed E-state index contributed by atoms with van der Waals surface area (Å²) in [5, 5.41) is 3.46. The maximum absolute atomic E-state index is 5.52. The first kappa shape index (κ1) is 22.8. The number of rotatable bonds is 6. The van der Waals surface area contributed by atoms with Gasteiger partial charge in [0.2, 0.25) is 0 Å². The lowest BCUT2D eigenvalue weighted by Crippen LogP contribution is -2.52. The van der Waals surface area contributed by atoms with Crippen molar-refractivity contribution < 1.29 is 9.47 Å². The normalized spacial score (nSPS) is 17.6. The third kappa shape index (κ3) is 6.27. The second-order valence-electron chi connectivity index (χ2n) is 6.82. The maximum atomic E-state index is 5.52. The molecule has 156 valence electrons. The first-order chi connectivity index (χ1) is 13.3. The number of nitrogens with one attached hydrogen (secondary N) is 1. The van der Waals surface area contributed by atoms with Crippen LogP contribution in [0.15, 0.2) is 40.9 Å². The van der Waals surface area contributed by atoms with E-state index in [-0.39, 0.29) is 24.0 Å². The molecular weight excluding hydrogens is 467 g/mol. The summed E-state index contributed by atoms with van der Waals surface area (Å²) in [6.07, 6.45) is 4.28. The molecule has 0 unspecified atom stereocenters. The van der Waals surface area contributed by atoms with Crippen molar-refractivity contribution >= 4 is 35.6 Å². The number of hydrogen-bond acceptors (Lipinski definition) is 4. The van der Waals surface area contributed by atoms with Gasteiger partial charge in [-0.05, 0) is 31.9 Å². The van der Waals surface area contributed by atoms with E-state index in [4.69, 9.17) is 14.5 Å². The standard InChI is InChI=1S/C21H32N4O2.HI/c1-3-22-21(23-11-8-18-9-16-27-17-10-18)25-14-12-24(13-15-25)19-6-4-5-7-20(19)26-2;/h4-7,9H,3,8,10-17H2,1-2H3,(H,22,23);1H. The Kier molecular flexibility index (Phi) is 9.91. The molecular formula is C21H33IN4O2. The fourth-order valence-corrected chi connectivity index (χ4v) is 3.57. The smallest absolute Gasteiger partial charge is 0.194 e. The van der Waals surface area contributed by atoms with E-state index < -0.39 is 0 Å². The van der Waals surface area contributed by atoms with E-state index in [1.54, 1.807) is 7.11 Å². The van der Waals surface area contributed by atoms with Crippen LogP contribution >= 0.6 is 24.0 Å². The van der Waals surface area contributed by atoms with Crippen molar-refractivity contribution in [2.45, 2.75) is 19.8 Å². The quantitative estimate of drug-likeness (QED) is 0.282. The van der Waals surface area contributed by atoms with Gasteiger partial charge >= 0.3 is 0 Å². The molecule has 0 radical (unpaired) electrons. The molecule has 1 saturated heterocycles. The number of piperazine rings is 1. The molecule has 6 nitrogen and oxygen atoms in total. The SMILES string of the molecule is CCNC(=NCCC1=CCOCC1)N1CCN(c2ccccc2OC)CC1.I. The van der Waals surface area contributed by atoms with Crippen molar-refractivity contribution in [2.75, 3.05) is 64.5 Å². The Morgan fingerprint density at radius 2 is 2.00 bits per heavy atom. The largest absolute Gasteiger partial charge is 0.495 e. The lowest BCUT2D eigenvalue weighted by molar-refractivity contribution is 0.153. The van der Waals surface area contributed by atoms with E-state index >= 15 is 0 Å². The molecule has 7 heteroatoms. The molecule has 0 bridgehead atoms. The first-order valence-corrected chi connectivity index (χ1v) is 9.98. The Morgan fingerprint density at radius 3 is 2.68 bits per heavy atom. The fraction of sp³-hybridized carbons (Fsp3) is 0.571. The molecule has 2 heterocycles. The minimum absolute atomic E-state index is 0. The highest BCUT2D eigenvalue weighted by Crippen LogP contribution is 2.28. The van der Waals surface area contributed by atoms with E-state index in [9.17, 15) is 0 Å². The Bertz CT molecular complexity index is 658. The van der Waals surface area contributed by atoms with Crippen LogP contribution < -0.4 is 15.0 Å². The highest BCUT2D eigenvalue weighted by atomic mass is 127. The molecule has 1 fully saturated rings. The number of halogens is 1. The van der Waals surface area contributed by atoms with Crippen molar-refractivity contribution in [1.82, 2.24) is 10.2 Å². The van der Waals surface area contributed by atoms with Crippen molar-refractivity contribution in [3.05, 3.63) is 35.9 Å². The Hall–Kier alpha value is -1.48. The van der Waals surface area contributed by atoms with E-state index in [2.05, 4.69) is 40.2 Å². The zero-order valence-corrected chi connectivity index (χ0v) is 19.4. The van der Waals surface area contributed by atoms with E-state index in [0.717, 1.165) is 77.0 Å². The number of anilines is 1. The topological polar surface area (TPSA) is 49.3 Å². The first-order valence-electron chi connectivity index (χ1n) is 9.98. The van der Waals surface area contributed by atoms with Crippen LogP contribution in [0, 0.1) is 0 Å². The molecule has 3 rings (SSSR count). The fourth-order valence-electron chi connectivity index (χ4n) is 3.57. The van der Waals surface area contributed by atoms with Gasteiger partial charge in [-0.1, -0.05) is 23.8 Å². The van der Waals surface area contributed by atoms with Gasteiger partial charge in [-0.15, -0.1) is 24.0 Å². The summed E-state index contributed by atoms with van der Waals surface area (Å²) in [7, 11) is 1.74. The molecule has 0 atom stereocenters. The van der Waals surface area contributed by atoms with Crippen LogP contribution in [-0.2, 0) is 4.74 Å². The summed E-state index contributed by atoms with van der Waals surface area (Å²) in [6.45, 7) is 9.30. The lowest BCUT2D eigenvalue weighted by atomic mass is 10.1. The van der Waals surface area contributed by atoms with Crippen LogP contribution in [0.5, 0.6) is 5.75 Å². The van der Waals surface area contributed by atoms with Crippen LogP contribution in [-0.4, -0.2) is 70.5 Å². The highest BCUT2D eigenvalue weighted by Gasteiger charge is 2.21. The molecule has 2 aliphatic rings.